The van der Waals surface area contributed by atoms with Crippen molar-refractivity contribution >= 4 is 23.2 Å². The van der Waals surface area contributed by atoms with E-state index in [0.29, 0.717) is 23.6 Å². The van der Waals surface area contributed by atoms with Gasteiger partial charge in [0.2, 0.25) is 0 Å². The van der Waals surface area contributed by atoms with Crippen LogP contribution >= 0.6 is 0 Å². The minimum Gasteiger partial charge on any atom is -0.483 e. The zero-order chi connectivity index (χ0) is 23.6. The Morgan fingerprint density at radius 3 is 2.48 bits per heavy atom. The van der Waals surface area contributed by atoms with Gasteiger partial charge in [-0.2, -0.15) is 0 Å². The van der Waals surface area contributed by atoms with Crippen molar-refractivity contribution in [2.75, 3.05) is 7.11 Å². The van der Waals surface area contributed by atoms with Crippen LogP contribution in [0.3, 0.4) is 0 Å². The molecule has 2 unspecified atom stereocenters. The fraction of sp³-hybridized carbons (Fsp3) is 0.333. The maximum absolute atomic E-state index is 11.9. The van der Waals surface area contributed by atoms with Crippen molar-refractivity contribution < 1.29 is 19.5 Å². The van der Waals surface area contributed by atoms with E-state index >= 15 is 0 Å². The molecule has 0 heterocycles. The van der Waals surface area contributed by atoms with Crippen LogP contribution in [0.5, 0.6) is 0 Å². The fourth-order valence-electron chi connectivity index (χ4n) is 4.77. The lowest BCUT2D eigenvalue weighted by molar-refractivity contribution is -0.122. The van der Waals surface area contributed by atoms with Crippen LogP contribution < -0.4 is 10.8 Å². The average molecular weight is 449 g/mol. The van der Waals surface area contributed by atoms with Crippen LogP contribution in [0.2, 0.25) is 0 Å². The van der Waals surface area contributed by atoms with Gasteiger partial charge in [-0.05, 0) is 66.1 Å². The molecule has 0 aliphatic heterocycles. The first-order chi connectivity index (χ1) is 16.1. The summed E-state index contributed by atoms with van der Waals surface area (Å²) in [4.78, 5) is 25.0. The second-order valence-corrected chi connectivity index (χ2v) is 8.38. The van der Waals surface area contributed by atoms with Crippen LogP contribution in [0.15, 0.2) is 66.7 Å². The standard InChI is InChI=1S/C26H30N2O2.CH2O2/c1-18(24-12-6-8-20-7-3-4-11-25(20)24)27-23-10-5-9-22(17-23)19-13-15-21(16-14-19)26(29)28-30-2;2-1-3/h3-4,6-8,11-16,18,22-23,27H,5,9-10,17H2,1-2H3,(H,28,29);1H,(H,2,3)/t18?,22-,23?;/m0./s1. The predicted molar refractivity (Wildman–Crippen MR) is 130 cm³/mol. The van der Waals surface area contributed by atoms with Crippen molar-refractivity contribution in [1.29, 1.82) is 0 Å². The molecular weight excluding hydrogens is 416 g/mol. The van der Waals surface area contributed by atoms with Crippen molar-refractivity contribution in [3.63, 3.8) is 0 Å². The van der Waals surface area contributed by atoms with Crippen LogP contribution in [0.25, 0.3) is 10.8 Å². The smallest absolute Gasteiger partial charge is 0.290 e. The predicted octanol–water partition coefficient (Wildman–Crippen LogP) is 5.21. The molecule has 1 aliphatic carbocycles. The molecule has 1 aliphatic rings. The first kappa shape index (κ1) is 24.4. The first-order valence-electron chi connectivity index (χ1n) is 11.3. The van der Waals surface area contributed by atoms with Crippen molar-refractivity contribution in [2.45, 2.75) is 50.6 Å². The minimum atomic E-state index is -0.250. The van der Waals surface area contributed by atoms with E-state index in [1.165, 1.54) is 48.3 Å². The molecule has 3 aromatic carbocycles. The van der Waals surface area contributed by atoms with E-state index < -0.39 is 0 Å². The van der Waals surface area contributed by atoms with Crippen LogP contribution in [0, 0.1) is 0 Å². The summed E-state index contributed by atoms with van der Waals surface area (Å²) in [5.41, 5.74) is 5.67. The van der Waals surface area contributed by atoms with Gasteiger partial charge in [-0.1, -0.05) is 61.0 Å². The molecule has 1 amide bonds. The number of fused-ring (bicyclic) bond motifs is 1. The number of rotatable bonds is 6. The Bertz CT molecular complexity index is 1050. The highest BCUT2D eigenvalue weighted by atomic mass is 16.6. The SMILES string of the molecule is CONC(=O)c1ccc([C@H]2CCCC(NC(C)c3cccc4ccccc34)C2)cc1.O=CO. The molecule has 6 heteroatoms. The third-order valence-corrected chi connectivity index (χ3v) is 6.29. The van der Waals surface area contributed by atoms with Gasteiger partial charge < -0.3 is 10.4 Å². The monoisotopic (exact) mass is 448 g/mol. The van der Waals surface area contributed by atoms with Crippen molar-refractivity contribution in [3.05, 3.63) is 83.4 Å². The van der Waals surface area contributed by atoms with Crippen LogP contribution in [-0.2, 0) is 9.63 Å². The molecule has 0 radical (unpaired) electrons. The number of carbonyl (C=O) groups excluding carboxylic acids is 1. The van der Waals surface area contributed by atoms with E-state index in [9.17, 15) is 4.79 Å². The van der Waals surface area contributed by atoms with Crippen LogP contribution in [-0.4, -0.2) is 30.6 Å². The number of carboxylic acid groups (broad SMARTS) is 1. The number of benzene rings is 3. The highest BCUT2D eigenvalue weighted by Gasteiger charge is 2.25. The number of amides is 1. The molecule has 1 saturated carbocycles. The van der Waals surface area contributed by atoms with Gasteiger partial charge >= 0.3 is 0 Å². The van der Waals surface area contributed by atoms with Crippen molar-refractivity contribution in [2.24, 2.45) is 0 Å². The zero-order valence-electron chi connectivity index (χ0n) is 19.2. The molecular formula is C27H32N2O4. The van der Waals surface area contributed by atoms with E-state index in [1.807, 2.05) is 12.1 Å². The highest BCUT2D eigenvalue weighted by Crippen LogP contribution is 2.34. The Kier molecular flexibility index (Phi) is 8.98. The summed E-state index contributed by atoms with van der Waals surface area (Å²) < 4.78 is 0. The molecule has 0 saturated heterocycles. The molecule has 3 N–H and O–H groups in total. The molecule has 33 heavy (non-hydrogen) atoms. The van der Waals surface area contributed by atoms with Gasteiger partial charge in [0.05, 0.1) is 7.11 Å². The van der Waals surface area contributed by atoms with Gasteiger partial charge in [0, 0.05) is 17.6 Å². The molecule has 0 spiro atoms. The van der Waals surface area contributed by atoms with Gasteiger partial charge in [0.15, 0.2) is 0 Å². The minimum absolute atomic E-state index is 0.212. The lowest BCUT2D eigenvalue weighted by Crippen LogP contribution is -2.35. The van der Waals surface area contributed by atoms with Gasteiger partial charge in [-0.3, -0.25) is 14.4 Å². The number of carbonyl (C=O) groups is 2. The Morgan fingerprint density at radius 2 is 1.76 bits per heavy atom. The Hall–Kier alpha value is -3.22. The van der Waals surface area contributed by atoms with E-state index in [0.717, 1.165) is 6.42 Å². The first-order valence-corrected chi connectivity index (χ1v) is 11.3. The summed E-state index contributed by atoms with van der Waals surface area (Å²) in [7, 11) is 1.45. The largest absolute Gasteiger partial charge is 0.483 e. The zero-order valence-corrected chi connectivity index (χ0v) is 19.2. The van der Waals surface area contributed by atoms with Crippen molar-refractivity contribution in [1.82, 2.24) is 10.8 Å². The van der Waals surface area contributed by atoms with Gasteiger partial charge in [0.1, 0.15) is 0 Å². The summed E-state index contributed by atoms with van der Waals surface area (Å²) in [6.45, 7) is 2.02. The summed E-state index contributed by atoms with van der Waals surface area (Å²) >= 11 is 0. The van der Waals surface area contributed by atoms with E-state index in [4.69, 9.17) is 14.7 Å². The second kappa shape index (κ2) is 12.1. The topological polar surface area (TPSA) is 87.7 Å². The van der Waals surface area contributed by atoms with Gasteiger partial charge in [-0.15, -0.1) is 0 Å². The molecule has 174 valence electrons. The average Bonchev–Trinajstić information content (AvgIpc) is 2.84. The number of hydrogen-bond acceptors (Lipinski definition) is 4. The van der Waals surface area contributed by atoms with Gasteiger partial charge in [0.25, 0.3) is 12.4 Å². The van der Waals surface area contributed by atoms with E-state index in [2.05, 4.69) is 72.3 Å². The summed E-state index contributed by atoms with van der Waals surface area (Å²) in [6, 6.07) is 23.9. The lowest BCUT2D eigenvalue weighted by atomic mass is 9.80. The van der Waals surface area contributed by atoms with E-state index in [1.54, 1.807) is 0 Å². The molecule has 3 aromatic rings. The molecule has 3 atom stereocenters. The molecule has 1 fully saturated rings. The second-order valence-electron chi connectivity index (χ2n) is 8.38. The van der Waals surface area contributed by atoms with E-state index in [-0.39, 0.29) is 12.4 Å². The molecule has 0 bridgehead atoms. The Labute approximate surface area is 194 Å². The van der Waals surface area contributed by atoms with Gasteiger partial charge in [-0.25, -0.2) is 5.48 Å². The third-order valence-electron chi connectivity index (χ3n) is 6.29. The summed E-state index contributed by atoms with van der Waals surface area (Å²) in [5, 5.41) is 13.4. The summed E-state index contributed by atoms with van der Waals surface area (Å²) in [5.74, 6) is 0.312. The maximum atomic E-state index is 11.9. The molecule has 4 rings (SSSR count). The Morgan fingerprint density at radius 1 is 1.06 bits per heavy atom. The normalized spacial score (nSPS) is 18.6. The molecule has 0 aromatic heterocycles. The highest BCUT2D eigenvalue weighted by molar-refractivity contribution is 5.93. The van der Waals surface area contributed by atoms with Crippen LogP contribution in [0.1, 0.15) is 66.1 Å². The number of nitrogens with one attached hydrogen (secondary N) is 2. The number of hydrogen-bond donors (Lipinski definition) is 3. The fourth-order valence-corrected chi connectivity index (χ4v) is 4.77. The Balaban J connectivity index is 0.000000968. The van der Waals surface area contributed by atoms with Crippen LogP contribution in [0.4, 0.5) is 0 Å². The third kappa shape index (κ3) is 6.40. The number of hydroxylamine groups is 1. The van der Waals surface area contributed by atoms with Crippen molar-refractivity contribution in [3.8, 4) is 0 Å². The summed E-state index contributed by atoms with van der Waals surface area (Å²) in [6.07, 6.45) is 4.75. The lowest BCUT2D eigenvalue weighted by Gasteiger charge is -2.32. The quantitative estimate of drug-likeness (QED) is 0.356. The molecule has 6 nitrogen and oxygen atoms in total. The maximum Gasteiger partial charge on any atom is 0.290 e.